The number of hydrogen-bond donors (Lipinski definition) is 2. The predicted molar refractivity (Wildman–Crippen MR) is 104 cm³/mol. The summed E-state index contributed by atoms with van der Waals surface area (Å²) in [5.74, 6) is -1.29. The van der Waals surface area contributed by atoms with Crippen molar-refractivity contribution in [1.29, 1.82) is 0 Å². The summed E-state index contributed by atoms with van der Waals surface area (Å²) in [6, 6.07) is 7.69. The second-order valence-corrected chi connectivity index (χ2v) is 6.95. The number of halogens is 1. The van der Waals surface area contributed by atoms with E-state index >= 15 is 0 Å². The molecule has 2 rings (SSSR count). The highest BCUT2D eigenvalue weighted by Crippen LogP contribution is 2.25. The summed E-state index contributed by atoms with van der Waals surface area (Å²) < 4.78 is 6.97. The van der Waals surface area contributed by atoms with Crippen LogP contribution >= 0.6 is 11.6 Å². The zero-order valence-corrected chi connectivity index (χ0v) is 16.9. The molecule has 0 saturated carbocycles. The van der Waals surface area contributed by atoms with Crippen LogP contribution in [0.1, 0.15) is 41.6 Å². The van der Waals surface area contributed by atoms with E-state index in [9.17, 15) is 14.4 Å². The minimum atomic E-state index is -1.32. The Kier molecular flexibility index (Phi) is 7.17. The van der Waals surface area contributed by atoms with E-state index < -0.39 is 24.0 Å². The molecule has 9 heteroatoms. The fraction of sp³-hybridized carbons (Fsp3) is 0.368. The summed E-state index contributed by atoms with van der Waals surface area (Å²) in [5.41, 5.74) is 0.908. The van der Waals surface area contributed by atoms with Gasteiger partial charge < -0.3 is 10.1 Å². The highest BCUT2D eigenvalue weighted by molar-refractivity contribution is 6.32. The molecule has 0 aliphatic heterocycles. The van der Waals surface area contributed by atoms with Gasteiger partial charge in [-0.2, -0.15) is 5.10 Å². The van der Waals surface area contributed by atoms with Gasteiger partial charge in [-0.15, -0.1) is 0 Å². The van der Waals surface area contributed by atoms with Crippen LogP contribution in [-0.2, 0) is 16.1 Å². The van der Waals surface area contributed by atoms with E-state index in [4.69, 9.17) is 16.3 Å². The van der Waals surface area contributed by atoms with Gasteiger partial charge >= 0.3 is 12.0 Å². The number of amides is 3. The number of urea groups is 1. The lowest BCUT2D eigenvalue weighted by atomic mass is 10.1. The Labute approximate surface area is 168 Å². The summed E-state index contributed by atoms with van der Waals surface area (Å²) in [6.45, 7) is 6.17. The fourth-order valence-electron chi connectivity index (χ4n) is 2.56. The third kappa shape index (κ3) is 5.10. The third-order valence-electron chi connectivity index (χ3n) is 3.84. The first kappa shape index (κ1) is 21.4. The number of aromatic nitrogens is 2. The van der Waals surface area contributed by atoms with E-state index in [0.717, 1.165) is 0 Å². The Hall–Kier alpha value is -2.87. The van der Waals surface area contributed by atoms with Crippen LogP contribution in [0, 0.1) is 12.8 Å². The maximum absolute atomic E-state index is 12.8. The topological polar surface area (TPSA) is 102 Å². The molecule has 1 atom stereocenters. The number of ether oxygens (including phenoxy) is 1. The van der Waals surface area contributed by atoms with Crippen LogP contribution in [0.15, 0.2) is 30.3 Å². The van der Waals surface area contributed by atoms with Crippen LogP contribution in [0.5, 0.6) is 0 Å². The molecule has 1 aromatic heterocycles. The Morgan fingerprint density at radius 1 is 1.21 bits per heavy atom. The number of benzene rings is 1. The van der Waals surface area contributed by atoms with Crippen molar-refractivity contribution in [2.75, 3.05) is 7.05 Å². The van der Waals surface area contributed by atoms with E-state index in [-0.39, 0.29) is 16.6 Å². The number of carbonyl (C=O) groups is 3. The highest BCUT2D eigenvalue weighted by Gasteiger charge is 2.30. The monoisotopic (exact) mass is 406 g/mol. The molecule has 0 fully saturated rings. The van der Waals surface area contributed by atoms with Gasteiger partial charge in [0, 0.05) is 19.2 Å². The van der Waals surface area contributed by atoms with Gasteiger partial charge in [-0.3, -0.25) is 14.8 Å². The third-order valence-corrected chi connectivity index (χ3v) is 4.22. The number of carbonyl (C=O) groups excluding carboxylic acids is 3. The van der Waals surface area contributed by atoms with E-state index in [1.165, 1.54) is 11.7 Å². The molecule has 0 bridgehead atoms. The van der Waals surface area contributed by atoms with Gasteiger partial charge in [0.1, 0.15) is 10.7 Å². The molecule has 0 saturated heterocycles. The van der Waals surface area contributed by atoms with Gasteiger partial charge in [0.05, 0.1) is 5.69 Å². The van der Waals surface area contributed by atoms with Crippen molar-refractivity contribution < 1.29 is 19.1 Å². The second kappa shape index (κ2) is 9.36. The van der Waals surface area contributed by atoms with Crippen LogP contribution in [0.25, 0.3) is 0 Å². The minimum Gasteiger partial charge on any atom is -0.444 e. The van der Waals surface area contributed by atoms with Gasteiger partial charge in [0.25, 0.3) is 5.91 Å². The Bertz CT molecular complexity index is 864. The first-order valence-electron chi connectivity index (χ1n) is 8.76. The molecule has 0 spiro atoms. The van der Waals surface area contributed by atoms with Crippen molar-refractivity contribution in [2.45, 2.75) is 33.4 Å². The number of nitrogens with zero attached hydrogens (tertiary/aromatic N) is 2. The summed E-state index contributed by atoms with van der Waals surface area (Å²) in [7, 11) is 1.37. The maximum Gasteiger partial charge on any atom is 0.344 e. The Morgan fingerprint density at radius 3 is 2.43 bits per heavy atom. The normalized spacial score (nSPS) is 11.8. The van der Waals surface area contributed by atoms with E-state index in [1.54, 1.807) is 37.3 Å². The minimum absolute atomic E-state index is 0.0935. The number of hydrogen-bond acceptors (Lipinski definition) is 5. The molecule has 1 heterocycles. The number of esters is 1. The zero-order chi connectivity index (χ0) is 20.8. The molecular weight excluding hydrogens is 384 g/mol. The highest BCUT2D eigenvalue weighted by atomic mass is 35.5. The largest absolute Gasteiger partial charge is 0.444 e. The first-order chi connectivity index (χ1) is 13.2. The molecule has 0 aliphatic rings. The Balaban J connectivity index is 2.32. The molecular formula is C19H23ClN4O4. The summed E-state index contributed by atoms with van der Waals surface area (Å²) in [6.07, 6.45) is -1.32. The van der Waals surface area contributed by atoms with Crippen molar-refractivity contribution >= 4 is 29.5 Å². The van der Waals surface area contributed by atoms with Crippen molar-refractivity contribution in [1.82, 2.24) is 20.4 Å². The maximum atomic E-state index is 12.8. The average molecular weight is 407 g/mol. The van der Waals surface area contributed by atoms with Gasteiger partial charge in [-0.05, 0) is 12.8 Å². The number of aryl methyl sites for hydroxylation is 1. The first-order valence-corrected chi connectivity index (χ1v) is 9.13. The van der Waals surface area contributed by atoms with Gasteiger partial charge in [-0.25, -0.2) is 9.59 Å². The molecule has 2 aromatic rings. The molecule has 28 heavy (non-hydrogen) atoms. The predicted octanol–water partition coefficient (Wildman–Crippen LogP) is 2.85. The average Bonchev–Trinajstić information content (AvgIpc) is 2.92. The molecule has 0 radical (unpaired) electrons. The van der Waals surface area contributed by atoms with Crippen molar-refractivity contribution in [2.24, 2.45) is 5.92 Å². The number of rotatable bonds is 6. The van der Waals surface area contributed by atoms with E-state index in [2.05, 4.69) is 15.7 Å². The second-order valence-electron chi connectivity index (χ2n) is 6.59. The fourth-order valence-corrected chi connectivity index (χ4v) is 2.88. The van der Waals surface area contributed by atoms with Crippen LogP contribution in [0.3, 0.4) is 0 Å². The standard InChI is InChI=1S/C19H23ClN4O4/c1-11(2)10-24-16(20)14(12(3)23-24)18(26)28-15(13-8-6-5-7-9-13)17(25)22-19(27)21-4/h5-9,11,15H,10H2,1-4H3,(H2,21,22,25,27)/t15-/m0/s1. The van der Waals surface area contributed by atoms with Crippen molar-refractivity contribution in [3.63, 3.8) is 0 Å². The lowest BCUT2D eigenvalue weighted by Crippen LogP contribution is -2.41. The van der Waals surface area contributed by atoms with Crippen molar-refractivity contribution in [3.05, 3.63) is 52.3 Å². The number of nitrogens with one attached hydrogen (secondary N) is 2. The molecule has 2 N–H and O–H groups in total. The molecule has 3 amide bonds. The summed E-state index contributed by atoms with van der Waals surface area (Å²) in [4.78, 5) is 36.8. The molecule has 0 aliphatic carbocycles. The Morgan fingerprint density at radius 2 is 1.86 bits per heavy atom. The lowest BCUT2D eigenvalue weighted by Gasteiger charge is -2.17. The number of imide groups is 1. The smallest absolute Gasteiger partial charge is 0.344 e. The van der Waals surface area contributed by atoms with Gasteiger partial charge in [0.15, 0.2) is 0 Å². The SMILES string of the molecule is CNC(=O)NC(=O)[C@@H](OC(=O)c1c(C)nn(CC(C)C)c1Cl)c1ccccc1. The summed E-state index contributed by atoms with van der Waals surface area (Å²) >= 11 is 6.32. The van der Waals surface area contributed by atoms with Crippen LogP contribution in [0.4, 0.5) is 4.79 Å². The quantitative estimate of drug-likeness (QED) is 0.718. The molecule has 0 unspecified atom stereocenters. The van der Waals surface area contributed by atoms with E-state index in [0.29, 0.717) is 17.8 Å². The zero-order valence-electron chi connectivity index (χ0n) is 16.2. The van der Waals surface area contributed by atoms with Crippen LogP contribution in [-0.4, -0.2) is 34.7 Å². The van der Waals surface area contributed by atoms with Gasteiger partial charge in [0.2, 0.25) is 6.10 Å². The van der Waals surface area contributed by atoms with Crippen LogP contribution < -0.4 is 10.6 Å². The molecule has 150 valence electrons. The van der Waals surface area contributed by atoms with Crippen molar-refractivity contribution in [3.8, 4) is 0 Å². The molecule has 8 nitrogen and oxygen atoms in total. The lowest BCUT2D eigenvalue weighted by molar-refractivity contribution is -0.129. The van der Waals surface area contributed by atoms with E-state index in [1.807, 2.05) is 13.8 Å². The van der Waals surface area contributed by atoms with Gasteiger partial charge in [-0.1, -0.05) is 55.8 Å². The summed E-state index contributed by atoms with van der Waals surface area (Å²) in [5, 5.41) is 8.83. The molecule has 1 aromatic carbocycles. The van der Waals surface area contributed by atoms with Crippen LogP contribution in [0.2, 0.25) is 5.15 Å².